The van der Waals surface area contributed by atoms with Crippen LogP contribution in [0.25, 0.3) is 16.7 Å². The van der Waals surface area contributed by atoms with Gasteiger partial charge in [0.1, 0.15) is 6.33 Å². The summed E-state index contributed by atoms with van der Waals surface area (Å²) < 4.78 is 1.78. The van der Waals surface area contributed by atoms with Crippen LogP contribution in [-0.4, -0.2) is 19.6 Å². The second kappa shape index (κ2) is 3.05. The van der Waals surface area contributed by atoms with Gasteiger partial charge in [-0.15, -0.1) is 10.2 Å². The summed E-state index contributed by atoms with van der Waals surface area (Å²) in [6.45, 7) is 0. The van der Waals surface area contributed by atoms with E-state index in [2.05, 4.69) is 15.2 Å². The first-order valence-electron chi connectivity index (χ1n) is 4.20. The van der Waals surface area contributed by atoms with Crippen LogP contribution in [0, 0.1) is 0 Å². The SMILES string of the molecule is Clc1ccc2c(c1)nc(Cl)c1nncn12. The van der Waals surface area contributed by atoms with Gasteiger partial charge in [-0.1, -0.05) is 23.2 Å². The van der Waals surface area contributed by atoms with Gasteiger partial charge in [0, 0.05) is 5.02 Å². The molecule has 0 aliphatic carbocycles. The van der Waals surface area contributed by atoms with Crippen LogP contribution in [0.2, 0.25) is 10.2 Å². The molecule has 3 aromatic rings. The molecule has 0 N–H and O–H groups in total. The maximum atomic E-state index is 5.95. The maximum absolute atomic E-state index is 5.95. The van der Waals surface area contributed by atoms with Crippen molar-refractivity contribution in [2.24, 2.45) is 0 Å². The fourth-order valence-electron chi connectivity index (χ4n) is 1.50. The highest BCUT2D eigenvalue weighted by Gasteiger charge is 2.08. The average molecular weight is 239 g/mol. The predicted molar refractivity (Wildman–Crippen MR) is 58.3 cm³/mol. The van der Waals surface area contributed by atoms with E-state index in [1.54, 1.807) is 22.9 Å². The van der Waals surface area contributed by atoms with E-state index in [4.69, 9.17) is 23.2 Å². The van der Waals surface area contributed by atoms with Gasteiger partial charge in [-0.3, -0.25) is 4.40 Å². The van der Waals surface area contributed by atoms with Gasteiger partial charge in [0.05, 0.1) is 11.0 Å². The van der Waals surface area contributed by atoms with Crippen LogP contribution < -0.4 is 0 Å². The average Bonchev–Trinajstić information content (AvgIpc) is 2.66. The van der Waals surface area contributed by atoms with Crippen molar-refractivity contribution in [3.63, 3.8) is 0 Å². The maximum Gasteiger partial charge on any atom is 0.198 e. The van der Waals surface area contributed by atoms with E-state index < -0.39 is 0 Å². The van der Waals surface area contributed by atoms with Crippen LogP contribution in [0.3, 0.4) is 0 Å². The molecule has 0 radical (unpaired) electrons. The molecule has 0 saturated heterocycles. The van der Waals surface area contributed by atoms with Crippen LogP contribution in [0.1, 0.15) is 0 Å². The molecule has 3 rings (SSSR count). The molecule has 0 unspecified atom stereocenters. The topological polar surface area (TPSA) is 43.1 Å². The second-order valence-electron chi connectivity index (χ2n) is 3.06. The van der Waals surface area contributed by atoms with Crippen LogP contribution in [0.15, 0.2) is 24.5 Å². The smallest absolute Gasteiger partial charge is 0.198 e. The molecule has 2 aromatic heterocycles. The van der Waals surface area contributed by atoms with Crippen molar-refractivity contribution in [2.45, 2.75) is 0 Å². The lowest BCUT2D eigenvalue weighted by atomic mass is 10.3. The standard InChI is InChI=1S/C9H4Cl2N4/c10-5-1-2-7-6(3-5)13-8(11)9-14-12-4-15(7)9/h1-4H. The van der Waals surface area contributed by atoms with Crippen molar-refractivity contribution < 1.29 is 0 Å². The first kappa shape index (κ1) is 8.88. The highest BCUT2D eigenvalue weighted by atomic mass is 35.5. The third-order valence-electron chi connectivity index (χ3n) is 2.15. The minimum absolute atomic E-state index is 0.322. The van der Waals surface area contributed by atoms with Gasteiger partial charge in [0.15, 0.2) is 10.8 Å². The zero-order valence-electron chi connectivity index (χ0n) is 7.35. The zero-order valence-corrected chi connectivity index (χ0v) is 8.87. The van der Waals surface area contributed by atoms with E-state index in [-0.39, 0.29) is 0 Å². The number of fused-ring (bicyclic) bond motifs is 3. The Bertz CT molecular complexity index is 662. The molecular formula is C9H4Cl2N4. The molecular weight excluding hydrogens is 235 g/mol. The number of hydrogen-bond acceptors (Lipinski definition) is 3. The molecule has 6 heteroatoms. The Labute approximate surface area is 94.5 Å². The summed E-state index contributed by atoms with van der Waals surface area (Å²) in [5.74, 6) is 0. The van der Waals surface area contributed by atoms with Gasteiger partial charge >= 0.3 is 0 Å². The predicted octanol–water partition coefficient (Wildman–Crippen LogP) is 2.58. The summed E-state index contributed by atoms with van der Waals surface area (Å²) >= 11 is 11.8. The quantitative estimate of drug-likeness (QED) is 0.605. The van der Waals surface area contributed by atoms with Gasteiger partial charge in [-0.25, -0.2) is 4.98 Å². The van der Waals surface area contributed by atoms with Gasteiger partial charge in [-0.05, 0) is 18.2 Å². The number of rotatable bonds is 0. The lowest BCUT2D eigenvalue weighted by Crippen LogP contribution is -1.91. The highest BCUT2D eigenvalue weighted by Crippen LogP contribution is 2.22. The Morgan fingerprint density at radius 3 is 2.93 bits per heavy atom. The van der Waals surface area contributed by atoms with E-state index in [1.807, 2.05) is 6.07 Å². The largest absolute Gasteiger partial charge is 0.277 e. The van der Waals surface area contributed by atoms with E-state index >= 15 is 0 Å². The summed E-state index contributed by atoms with van der Waals surface area (Å²) in [6, 6.07) is 5.40. The first-order chi connectivity index (χ1) is 7.25. The number of aromatic nitrogens is 4. The molecule has 4 nitrogen and oxygen atoms in total. The third kappa shape index (κ3) is 1.26. The van der Waals surface area contributed by atoms with E-state index in [0.717, 1.165) is 11.0 Å². The molecule has 0 aliphatic rings. The fraction of sp³-hybridized carbons (Fsp3) is 0. The van der Waals surface area contributed by atoms with Crippen molar-refractivity contribution >= 4 is 39.9 Å². The monoisotopic (exact) mass is 238 g/mol. The Morgan fingerprint density at radius 2 is 2.07 bits per heavy atom. The summed E-state index contributed by atoms with van der Waals surface area (Å²) in [7, 11) is 0. The second-order valence-corrected chi connectivity index (χ2v) is 3.85. The molecule has 0 fully saturated rings. The van der Waals surface area contributed by atoms with Crippen LogP contribution in [-0.2, 0) is 0 Å². The number of nitrogens with zero attached hydrogens (tertiary/aromatic N) is 4. The highest BCUT2D eigenvalue weighted by molar-refractivity contribution is 6.33. The minimum atomic E-state index is 0.322. The van der Waals surface area contributed by atoms with Gasteiger partial charge in [0.2, 0.25) is 0 Å². The molecule has 0 bridgehead atoms. The lowest BCUT2D eigenvalue weighted by molar-refractivity contribution is 1.11. The number of hydrogen-bond donors (Lipinski definition) is 0. The molecule has 74 valence electrons. The molecule has 0 saturated carbocycles. The van der Waals surface area contributed by atoms with Crippen molar-refractivity contribution in [1.29, 1.82) is 0 Å². The fourth-order valence-corrected chi connectivity index (χ4v) is 1.88. The number of benzene rings is 1. The zero-order chi connectivity index (χ0) is 10.4. The molecule has 0 aliphatic heterocycles. The lowest BCUT2D eigenvalue weighted by Gasteiger charge is -2.01. The molecule has 15 heavy (non-hydrogen) atoms. The van der Waals surface area contributed by atoms with Gasteiger partial charge in [-0.2, -0.15) is 0 Å². The summed E-state index contributed by atoms with van der Waals surface area (Å²) in [5, 5.41) is 8.61. The molecule has 1 aromatic carbocycles. The Morgan fingerprint density at radius 1 is 1.20 bits per heavy atom. The van der Waals surface area contributed by atoms with Crippen LogP contribution in [0.4, 0.5) is 0 Å². The Balaban J connectivity index is 2.60. The van der Waals surface area contributed by atoms with Crippen molar-refractivity contribution in [3.8, 4) is 0 Å². The van der Waals surface area contributed by atoms with E-state index in [1.165, 1.54) is 0 Å². The van der Waals surface area contributed by atoms with Crippen LogP contribution in [0.5, 0.6) is 0 Å². The normalized spacial score (nSPS) is 11.3. The van der Waals surface area contributed by atoms with E-state index in [0.29, 0.717) is 15.8 Å². The van der Waals surface area contributed by atoms with Crippen molar-refractivity contribution in [1.82, 2.24) is 19.6 Å². The molecule has 0 amide bonds. The summed E-state index contributed by atoms with van der Waals surface area (Å²) in [6.07, 6.45) is 1.60. The van der Waals surface area contributed by atoms with Gasteiger partial charge < -0.3 is 0 Å². The Kier molecular flexibility index (Phi) is 1.81. The van der Waals surface area contributed by atoms with Gasteiger partial charge in [0.25, 0.3) is 0 Å². The molecule has 2 heterocycles. The number of halogens is 2. The van der Waals surface area contributed by atoms with Crippen molar-refractivity contribution in [2.75, 3.05) is 0 Å². The van der Waals surface area contributed by atoms with Crippen molar-refractivity contribution in [3.05, 3.63) is 34.7 Å². The molecule has 0 spiro atoms. The third-order valence-corrected chi connectivity index (χ3v) is 2.64. The Hall–Kier alpha value is -1.39. The summed E-state index contributed by atoms with van der Waals surface area (Å²) in [5.41, 5.74) is 2.15. The first-order valence-corrected chi connectivity index (χ1v) is 4.96. The summed E-state index contributed by atoms with van der Waals surface area (Å²) in [4.78, 5) is 4.19. The van der Waals surface area contributed by atoms with E-state index in [9.17, 15) is 0 Å². The molecule has 0 atom stereocenters. The van der Waals surface area contributed by atoms with Crippen LogP contribution >= 0.6 is 23.2 Å². The minimum Gasteiger partial charge on any atom is -0.277 e.